The Balaban J connectivity index is 2.69. The van der Waals surface area contributed by atoms with Gasteiger partial charge < -0.3 is 19.9 Å². The number of aromatic amines is 1. The van der Waals surface area contributed by atoms with E-state index in [2.05, 4.69) is 4.98 Å². The molecule has 8 nitrogen and oxygen atoms in total. The summed E-state index contributed by atoms with van der Waals surface area (Å²) in [5.41, 5.74) is -1.45. The van der Waals surface area contributed by atoms with Crippen molar-refractivity contribution in [3.8, 4) is 5.75 Å². The fourth-order valence-electron chi connectivity index (χ4n) is 1.68. The summed E-state index contributed by atoms with van der Waals surface area (Å²) in [7, 11) is 0. The Morgan fingerprint density at radius 3 is 2.43 bits per heavy atom. The van der Waals surface area contributed by atoms with E-state index in [9.17, 15) is 19.2 Å². The first-order valence-electron chi connectivity index (χ1n) is 5.68. The third-order valence-electron chi connectivity index (χ3n) is 2.60. The van der Waals surface area contributed by atoms with Crippen LogP contribution in [0.5, 0.6) is 5.75 Å². The third-order valence-corrected chi connectivity index (χ3v) is 2.60. The van der Waals surface area contributed by atoms with Gasteiger partial charge in [0.1, 0.15) is 5.69 Å². The van der Waals surface area contributed by atoms with Gasteiger partial charge in [0.05, 0.1) is 5.52 Å². The van der Waals surface area contributed by atoms with Gasteiger partial charge >= 0.3 is 11.9 Å². The van der Waals surface area contributed by atoms with Crippen LogP contribution in [-0.4, -0.2) is 33.7 Å². The molecule has 1 aromatic carbocycles. The van der Waals surface area contributed by atoms with E-state index in [-0.39, 0.29) is 22.3 Å². The number of hydrogen-bond acceptors (Lipinski definition) is 5. The van der Waals surface area contributed by atoms with Gasteiger partial charge in [-0.1, -0.05) is 0 Å². The second-order valence-corrected chi connectivity index (χ2v) is 4.07. The molecule has 3 N–H and O–H groups in total. The standard InChI is InChI=1S/C13H9NO7/c15-9-2-1-7-6(3-11(9)21-5-12(17)18)10(16)4-8(14-7)13(19)20/h1-4H,5H2,(H,14,16)(H,17,18)(H,19,20). The fraction of sp³-hybridized carbons (Fsp3) is 0.0769. The lowest BCUT2D eigenvalue weighted by Gasteiger charge is -2.00. The molecule has 0 saturated carbocycles. The lowest BCUT2D eigenvalue weighted by atomic mass is 10.2. The highest BCUT2D eigenvalue weighted by molar-refractivity contribution is 5.89. The molecule has 0 amide bonds. The molecular weight excluding hydrogens is 282 g/mol. The number of aliphatic carboxylic acids is 1. The molecular formula is C13H9NO7. The number of carbonyl (C=O) groups is 2. The summed E-state index contributed by atoms with van der Waals surface area (Å²) in [5.74, 6) is -2.89. The predicted octanol–water partition coefficient (Wildman–Crippen LogP) is 0.0499. The normalized spacial score (nSPS) is 10.3. The highest BCUT2D eigenvalue weighted by atomic mass is 16.5. The summed E-state index contributed by atoms with van der Waals surface area (Å²) < 4.78 is 4.82. The van der Waals surface area contributed by atoms with Crippen LogP contribution >= 0.6 is 0 Å². The van der Waals surface area contributed by atoms with E-state index in [1.807, 2.05) is 0 Å². The number of carboxylic acids is 2. The number of nitrogens with one attached hydrogen (secondary N) is 1. The van der Waals surface area contributed by atoms with Crippen molar-refractivity contribution >= 4 is 22.8 Å². The van der Waals surface area contributed by atoms with Gasteiger partial charge in [-0.05, 0) is 18.2 Å². The van der Waals surface area contributed by atoms with Crippen molar-refractivity contribution in [2.75, 3.05) is 6.61 Å². The molecule has 2 aromatic rings. The number of carboxylic acid groups (broad SMARTS) is 2. The van der Waals surface area contributed by atoms with Gasteiger partial charge in [-0.2, -0.15) is 0 Å². The molecule has 0 radical (unpaired) electrons. The third kappa shape index (κ3) is 3.06. The summed E-state index contributed by atoms with van der Waals surface area (Å²) in [5, 5.41) is 17.4. The molecule has 1 heterocycles. The highest BCUT2D eigenvalue weighted by Gasteiger charge is 2.10. The molecule has 0 spiro atoms. The van der Waals surface area contributed by atoms with Gasteiger partial charge in [0, 0.05) is 11.5 Å². The number of H-pyrrole nitrogens is 1. The van der Waals surface area contributed by atoms with Crippen LogP contribution in [0, 0.1) is 0 Å². The summed E-state index contributed by atoms with van der Waals surface area (Å²) in [4.78, 5) is 47.4. The van der Waals surface area contributed by atoms with Crippen LogP contribution in [0.4, 0.5) is 0 Å². The summed E-state index contributed by atoms with van der Waals surface area (Å²) in [6.45, 7) is -0.730. The zero-order valence-corrected chi connectivity index (χ0v) is 10.5. The Bertz CT molecular complexity index is 853. The van der Waals surface area contributed by atoms with Gasteiger partial charge in [0.25, 0.3) is 0 Å². The van der Waals surface area contributed by atoms with Crippen LogP contribution < -0.4 is 15.6 Å². The monoisotopic (exact) mass is 291 g/mol. The first-order valence-corrected chi connectivity index (χ1v) is 5.68. The minimum absolute atomic E-state index is 0.0162. The molecule has 0 aliphatic heterocycles. The number of rotatable bonds is 4. The average molecular weight is 291 g/mol. The maximum atomic E-state index is 11.9. The van der Waals surface area contributed by atoms with E-state index >= 15 is 0 Å². The van der Waals surface area contributed by atoms with Gasteiger partial charge in [0.15, 0.2) is 17.8 Å². The zero-order valence-electron chi connectivity index (χ0n) is 10.5. The Hall–Kier alpha value is -3.16. The molecule has 108 valence electrons. The van der Waals surface area contributed by atoms with Gasteiger partial charge in [-0.15, -0.1) is 0 Å². The van der Waals surface area contributed by atoms with Crippen molar-refractivity contribution in [2.24, 2.45) is 0 Å². The van der Waals surface area contributed by atoms with Gasteiger partial charge in [-0.3, -0.25) is 9.59 Å². The lowest BCUT2D eigenvalue weighted by Crippen LogP contribution is -2.13. The van der Waals surface area contributed by atoms with Crippen LogP contribution in [0.3, 0.4) is 0 Å². The average Bonchev–Trinajstić information content (AvgIpc) is 2.56. The van der Waals surface area contributed by atoms with Crippen LogP contribution in [0.1, 0.15) is 10.5 Å². The fourth-order valence-corrected chi connectivity index (χ4v) is 1.68. The quantitative estimate of drug-likeness (QED) is 0.724. The van der Waals surface area contributed by atoms with Gasteiger partial charge in [0.2, 0.25) is 5.43 Å². The summed E-state index contributed by atoms with van der Waals surface area (Å²) in [6.07, 6.45) is 0. The lowest BCUT2D eigenvalue weighted by molar-refractivity contribution is -0.139. The predicted molar refractivity (Wildman–Crippen MR) is 70.9 cm³/mol. The molecule has 2 rings (SSSR count). The van der Waals surface area contributed by atoms with Gasteiger partial charge in [-0.25, -0.2) is 9.59 Å². The minimum Gasteiger partial charge on any atom is -0.479 e. The first-order chi connectivity index (χ1) is 9.88. The van der Waals surface area contributed by atoms with Crippen molar-refractivity contribution in [3.63, 3.8) is 0 Å². The number of aromatic carboxylic acids is 1. The number of pyridine rings is 1. The second-order valence-electron chi connectivity index (χ2n) is 4.07. The number of fused-ring (bicyclic) bond motifs is 1. The molecule has 21 heavy (non-hydrogen) atoms. The molecule has 1 aromatic heterocycles. The van der Waals surface area contributed by atoms with E-state index in [4.69, 9.17) is 14.9 Å². The topological polar surface area (TPSA) is 134 Å². The smallest absolute Gasteiger partial charge is 0.352 e. The molecule has 0 atom stereocenters. The van der Waals surface area contributed by atoms with Crippen LogP contribution in [0.2, 0.25) is 0 Å². The molecule has 0 aliphatic carbocycles. The molecule has 8 heteroatoms. The Morgan fingerprint density at radius 2 is 1.81 bits per heavy atom. The highest BCUT2D eigenvalue weighted by Crippen LogP contribution is 2.11. The first kappa shape index (κ1) is 14.3. The van der Waals surface area contributed by atoms with Crippen LogP contribution in [-0.2, 0) is 4.79 Å². The maximum absolute atomic E-state index is 11.9. The zero-order chi connectivity index (χ0) is 15.6. The summed E-state index contributed by atoms with van der Waals surface area (Å²) >= 11 is 0. The summed E-state index contributed by atoms with van der Waals surface area (Å²) in [6, 6.07) is 4.25. The number of hydrogen-bond donors (Lipinski definition) is 3. The molecule has 0 aliphatic rings. The maximum Gasteiger partial charge on any atom is 0.352 e. The Labute approximate surface area is 116 Å². The largest absolute Gasteiger partial charge is 0.479 e. The van der Waals surface area contributed by atoms with E-state index in [1.54, 1.807) is 0 Å². The second kappa shape index (κ2) is 5.45. The van der Waals surface area contributed by atoms with Crippen molar-refractivity contribution in [3.05, 3.63) is 50.4 Å². The van der Waals surface area contributed by atoms with Crippen molar-refractivity contribution < 1.29 is 24.5 Å². The van der Waals surface area contributed by atoms with E-state index in [0.29, 0.717) is 0 Å². The van der Waals surface area contributed by atoms with Crippen molar-refractivity contribution in [1.82, 2.24) is 4.98 Å². The van der Waals surface area contributed by atoms with Crippen molar-refractivity contribution in [2.45, 2.75) is 0 Å². The van der Waals surface area contributed by atoms with Crippen LogP contribution in [0.25, 0.3) is 10.9 Å². The van der Waals surface area contributed by atoms with E-state index in [0.717, 1.165) is 18.2 Å². The van der Waals surface area contributed by atoms with E-state index < -0.39 is 29.4 Å². The SMILES string of the molecule is O=C(O)COc1cc2c(=O)cc(C(=O)O)[nH]c2ccc1=O. The Morgan fingerprint density at radius 1 is 1.10 bits per heavy atom. The molecule has 0 fully saturated rings. The molecule has 0 bridgehead atoms. The molecule has 0 unspecified atom stereocenters. The minimum atomic E-state index is -1.31. The number of ether oxygens (including phenoxy) is 1. The Kier molecular flexibility index (Phi) is 3.70. The van der Waals surface area contributed by atoms with Crippen LogP contribution in [0.15, 0.2) is 33.9 Å². The van der Waals surface area contributed by atoms with E-state index in [1.165, 1.54) is 6.07 Å². The number of aromatic nitrogens is 1. The molecule has 0 saturated heterocycles. The van der Waals surface area contributed by atoms with Crippen molar-refractivity contribution in [1.29, 1.82) is 0 Å².